The first kappa shape index (κ1) is 20.1. The maximum atomic E-state index is 12.8. The fraction of sp³-hybridized carbons (Fsp3) is 0.227. The molecule has 0 bridgehead atoms. The largest absolute Gasteiger partial charge is 0.338 e. The molecule has 0 aliphatic rings. The summed E-state index contributed by atoms with van der Waals surface area (Å²) in [7, 11) is -3.36. The van der Waals surface area contributed by atoms with Gasteiger partial charge in [-0.15, -0.1) is 0 Å². The quantitative estimate of drug-likeness (QED) is 0.368. The maximum absolute atomic E-state index is 12.8. The zero-order valence-corrected chi connectivity index (χ0v) is 19.4. The average Bonchev–Trinajstić information content (AvgIpc) is 3.31. The van der Waals surface area contributed by atoms with E-state index in [9.17, 15) is 8.42 Å². The van der Waals surface area contributed by atoms with E-state index in [4.69, 9.17) is 0 Å². The van der Waals surface area contributed by atoms with E-state index in [2.05, 4.69) is 36.0 Å². The molecule has 2 aromatic carbocycles. The van der Waals surface area contributed by atoms with Crippen LogP contribution in [0.4, 0.5) is 0 Å². The highest BCUT2D eigenvalue weighted by Crippen LogP contribution is 2.27. The van der Waals surface area contributed by atoms with Gasteiger partial charge >= 0.3 is 0 Å². The highest BCUT2D eigenvalue weighted by Gasteiger charge is 2.18. The number of aromatic nitrogens is 5. The van der Waals surface area contributed by atoms with E-state index < -0.39 is 9.84 Å². The molecular formula is C22H20BrN5O2S. The Bertz CT molecular complexity index is 1540. The van der Waals surface area contributed by atoms with Crippen molar-refractivity contribution in [2.24, 2.45) is 5.92 Å². The molecule has 9 heteroatoms. The van der Waals surface area contributed by atoms with Gasteiger partial charge in [0, 0.05) is 20.9 Å². The molecule has 5 aromatic rings. The van der Waals surface area contributed by atoms with Gasteiger partial charge in [0.2, 0.25) is 0 Å². The Labute approximate surface area is 187 Å². The van der Waals surface area contributed by atoms with Crippen molar-refractivity contribution in [1.82, 2.24) is 24.6 Å². The van der Waals surface area contributed by atoms with E-state index in [1.165, 1.54) is 0 Å². The molecule has 0 fully saturated rings. The van der Waals surface area contributed by atoms with Gasteiger partial charge in [-0.25, -0.2) is 17.9 Å². The summed E-state index contributed by atoms with van der Waals surface area (Å²) >= 11 is 3.44. The lowest BCUT2D eigenvalue weighted by atomic mass is 10.2. The van der Waals surface area contributed by atoms with Crippen LogP contribution in [0.1, 0.15) is 20.3 Å². The molecule has 0 saturated carbocycles. The number of sulfone groups is 1. The standard InChI is InChI=1S/C22H20BrN5O2S/c1-13(2)9-10-31(29,30)16-7-8-18-17(11-16)20-21(24-18)26-22-25-19(12-28(22)27-20)14-3-5-15(23)6-4-14/h3-8,11-13H,9-10H2,1-2H3,(H,24,25,26). The van der Waals surface area contributed by atoms with E-state index in [0.717, 1.165) is 26.6 Å². The van der Waals surface area contributed by atoms with Crippen LogP contribution in [0.15, 0.2) is 58.0 Å². The lowest BCUT2D eigenvalue weighted by Gasteiger charge is -2.06. The molecule has 0 unspecified atom stereocenters. The fourth-order valence-electron chi connectivity index (χ4n) is 3.51. The molecule has 0 saturated heterocycles. The van der Waals surface area contributed by atoms with Crippen molar-refractivity contribution in [3.63, 3.8) is 0 Å². The zero-order chi connectivity index (χ0) is 21.8. The molecule has 0 radical (unpaired) electrons. The number of imidazole rings is 1. The number of hydrogen-bond donors (Lipinski definition) is 1. The second kappa shape index (κ2) is 7.42. The van der Waals surface area contributed by atoms with Gasteiger partial charge in [-0.3, -0.25) is 0 Å². The van der Waals surface area contributed by atoms with Crippen LogP contribution in [-0.4, -0.2) is 38.7 Å². The van der Waals surface area contributed by atoms with Gasteiger partial charge in [0.15, 0.2) is 15.5 Å². The summed E-state index contributed by atoms with van der Waals surface area (Å²) in [4.78, 5) is 12.7. The van der Waals surface area contributed by atoms with Gasteiger partial charge in [-0.1, -0.05) is 41.9 Å². The Morgan fingerprint density at radius 1 is 1.10 bits per heavy atom. The third-order valence-corrected chi connectivity index (χ3v) is 7.55. The normalized spacial score (nSPS) is 12.5. The number of nitrogens with one attached hydrogen (secondary N) is 1. The van der Waals surface area contributed by atoms with E-state index in [-0.39, 0.29) is 5.75 Å². The average molecular weight is 498 g/mol. The number of fused-ring (bicyclic) bond motifs is 4. The third-order valence-electron chi connectivity index (χ3n) is 5.28. The molecule has 5 rings (SSSR count). The minimum atomic E-state index is -3.36. The number of benzene rings is 2. The molecule has 0 amide bonds. The first-order chi connectivity index (χ1) is 14.8. The summed E-state index contributed by atoms with van der Waals surface area (Å²) < 4.78 is 28.2. The highest BCUT2D eigenvalue weighted by molar-refractivity contribution is 9.10. The number of rotatable bonds is 5. The molecule has 0 spiro atoms. The smallest absolute Gasteiger partial charge is 0.253 e. The first-order valence-electron chi connectivity index (χ1n) is 9.98. The predicted octanol–water partition coefficient (Wildman–Crippen LogP) is 5.01. The van der Waals surface area contributed by atoms with Crippen molar-refractivity contribution in [2.45, 2.75) is 25.2 Å². The van der Waals surface area contributed by atoms with Crippen LogP contribution in [-0.2, 0) is 9.84 Å². The molecule has 0 aliphatic heterocycles. The van der Waals surface area contributed by atoms with Gasteiger partial charge in [0.05, 0.1) is 22.5 Å². The first-order valence-corrected chi connectivity index (χ1v) is 12.4. The minimum Gasteiger partial charge on any atom is -0.338 e. The molecule has 31 heavy (non-hydrogen) atoms. The van der Waals surface area contributed by atoms with Crippen molar-refractivity contribution >= 4 is 53.6 Å². The van der Waals surface area contributed by atoms with Crippen molar-refractivity contribution in [3.8, 4) is 11.3 Å². The van der Waals surface area contributed by atoms with Gasteiger partial charge < -0.3 is 4.98 Å². The summed E-state index contributed by atoms with van der Waals surface area (Å²) in [6.07, 6.45) is 2.45. The van der Waals surface area contributed by atoms with Gasteiger partial charge in [0.1, 0.15) is 5.52 Å². The summed E-state index contributed by atoms with van der Waals surface area (Å²) in [5.41, 5.74) is 3.71. The van der Waals surface area contributed by atoms with Crippen molar-refractivity contribution in [1.29, 1.82) is 0 Å². The van der Waals surface area contributed by atoms with Crippen LogP contribution in [0.5, 0.6) is 0 Å². The Kier molecular flexibility index (Phi) is 4.82. The van der Waals surface area contributed by atoms with Crippen molar-refractivity contribution in [2.75, 3.05) is 5.75 Å². The molecule has 3 aromatic heterocycles. The van der Waals surface area contributed by atoms with Crippen LogP contribution < -0.4 is 0 Å². The van der Waals surface area contributed by atoms with Gasteiger partial charge in [-0.05, 0) is 42.7 Å². The minimum absolute atomic E-state index is 0.131. The van der Waals surface area contributed by atoms with Crippen molar-refractivity contribution < 1.29 is 8.42 Å². The van der Waals surface area contributed by atoms with E-state index in [1.807, 2.05) is 44.3 Å². The van der Waals surface area contributed by atoms with Crippen LogP contribution >= 0.6 is 15.9 Å². The lowest BCUT2D eigenvalue weighted by Crippen LogP contribution is -2.09. The topological polar surface area (TPSA) is 93.0 Å². The molecule has 0 atom stereocenters. The van der Waals surface area contributed by atoms with Crippen molar-refractivity contribution in [3.05, 3.63) is 53.1 Å². The Hall–Kier alpha value is -2.78. The number of hydrogen-bond acceptors (Lipinski definition) is 5. The number of aromatic amines is 1. The molecule has 158 valence electrons. The molecular weight excluding hydrogens is 478 g/mol. The lowest BCUT2D eigenvalue weighted by molar-refractivity contribution is 0.574. The number of H-pyrrole nitrogens is 1. The summed E-state index contributed by atoms with van der Waals surface area (Å²) in [6, 6.07) is 13.0. The van der Waals surface area contributed by atoms with Crippen LogP contribution in [0.2, 0.25) is 0 Å². The summed E-state index contributed by atoms with van der Waals surface area (Å²) in [6.45, 7) is 4.04. The van der Waals surface area contributed by atoms with E-state index in [0.29, 0.717) is 34.2 Å². The third kappa shape index (κ3) is 3.72. The van der Waals surface area contributed by atoms with Gasteiger partial charge in [-0.2, -0.15) is 10.1 Å². The Morgan fingerprint density at radius 3 is 2.61 bits per heavy atom. The monoisotopic (exact) mass is 497 g/mol. The van der Waals surface area contributed by atoms with E-state index in [1.54, 1.807) is 22.7 Å². The fourth-order valence-corrected chi connectivity index (χ4v) is 5.36. The molecule has 7 nitrogen and oxygen atoms in total. The molecule has 0 aliphatic carbocycles. The Morgan fingerprint density at radius 2 is 1.87 bits per heavy atom. The maximum Gasteiger partial charge on any atom is 0.253 e. The second-order valence-corrected chi connectivity index (χ2v) is 11.0. The zero-order valence-electron chi connectivity index (χ0n) is 17.0. The second-order valence-electron chi connectivity index (χ2n) is 8.02. The summed E-state index contributed by atoms with van der Waals surface area (Å²) in [5, 5.41) is 5.41. The Balaban J connectivity index is 1.62. The van der Waals surface area contributed by atoms with Gasteiger partial charge in [0.25, 0.3) is 5.78 Å². The van der Waals surface area contributed by atoms with E-state index >= 15 is 0 Å². The SMILES string of the molecule is CC(C)CCS(=O)(=O)c1ccc2[nH]c3nc4nc(-c5ccc(Br)cc5)cn4nc3c2c1. The predicted molar refractivity (Wildman–Crippen MR) is 125 cm³/mol. The summed E-state index contributed by atoms with van der Waals surface area (Å²) in [5.74, 6) is 0.931. The molecule has 1 N–H and O–H groups in total. The highest BCUT2D eigenvalue weighted by atomic mass is 79.9. The number of halogens is 1. The van der Waals surface area contributed by atoms with Crippen LogP contribution in [0.25, 0.3) is 39.1 Å². The van der Waals surface area contributed by atoms with Crippen LogP contribution in [0, 0.1) is 5.92 Å². The number of nitrogens with zero attached hydrogens (tertiary/aromatic N) is 4. The van der Waals surface area contributed by atoms with Crippen LogP contribution in [0.3, 0.4) is 0 Å². The molecule has 3 heterocycles.